The summed E-state index contributed by atoms with van der Waals surface area (Å²) in [6.45, 7) is 7.58. The van der Waals surface area contributed by atoms with E-state index < -0.39 is 0 Å². The number of ether oxygens (including phenoxy) is 2. The van der Waals surface area contributed by atoms with E-state index in [2.05, 4.69) is 25.8 Å². The average Bonchev–Trinajstić information content (AvgIpc) is 2.66. The molecule has 0 amide bonds. The Bertz CT molecular complexity index is 634. The molecule has 1 aromatic carbocycles. The molecule has 0 radical (unpaired) electrons. The molecule has 5 nitrogen and oxygen atoms in total. The smallest absolute Gasteiger partial charge is 0.315 e. The summed E-state index contributed by atoms with van der Waals surface area (Å²) in [4.78, 5) is 18.7. The zero-order chi connectivity index (χ0) is 18.8. The van der Waals surface area contributed by atoms with Gasteiger partial charge in [-0.15, -0.1) is 0 Å². The Kier molecular flexibility index (Phi) is 8.19. The molecule has 0 bridgehead atoms. The van der Waals surface area contributed by atoms with Crippen LogP contribution in [0.2, 0.25) is 0 Å². The molecular weight excluding hydrogens is 328 g/mol. The first-order chi connectivity index (χ1) is 12.7. The molecule has 0 spiro atoms. The summed E-state index contributed by atoms with van der Waals surface area (Å²) >= 11 is 0. The topological polar surface area (TPSA) is 51.1 Å². The van der Waals surface area contributed by atoms with Crippen molar-refractivity contribution in [3.8, 4) is 5.75 Å². The number of carbonyl (C=O) groups is 1. The molecular formula is C21H30N2O3. The number of anilines is 1. The maximum atomic E-state index is 12.4. The second kappa shape index (κ2) is 10.6. The van der Waals surface area contributed by atoms with Crippen LogP contribution >= 0.6 is 0 Å². The van der Waals surface area contributed by atoms with Gasteiger partial charge in [0, 0.05) is 18.0 Å². The second-order valence-electron chi connectivity index (χ2n) is 6.47. The third-order valence-electron chi connectivity index (χ3n) is 4.20. The molecule has 1 heterocycles. The summed E-state index contributed by atoms with van der Waals surface area (Å²) in [7, 11) is 0. The number of carbonyl (C=O) groups excluding carboxylic acids is 1. The van der Waals surface area contributed by atoms with Crippen molar-refractivity contribution in [2.24, 2.45) is 10.9 Å². The Balaban J connectivity index is 2.06. The molecule has 0 saturated heterocycles. The molecule has 0 unspecified atom stereocenters. The van der Waals surface area contributed by atoms with Gasteiger partial charge in [-0.2, -0.15) is 0 Å². The molecule has 0 N–H and O–H groups in total. The number of aliphatic imine (C=N–C) groups is 1. The zero-order valence-corrected chi connectivity index (χ0v) is 16.1. The summed E-state index contributed by atoms with van der Waals surface area (Å²) in [5.41, 5.74) is 0.983. The molecule has 142 valence electrons. The third-order valence-corrected chi connectivity index (χ3v) is 4.20. The maximum absolute atomic E-state index is 12.4. The molecule has 1 aliphatic heterocycles. The van der Waals surface area contributed by atoms with Gasteiger partial charge in [0.25, 0.3) is 0 Å². The van der Waals surface area contributed by atoms with Crippen LogP contribution < -0.4 is 9.64 Å². The lowest BCUT2D eigenvalue weighted by Gasteiger charge is -2.23. The van der Waals surface area contributed by atoms with Gasteiger partial charge in [-0.05, 0) is 31.4 Å². The highest BCUT2D eigenvalue weighted by molar-refractivity contribution is 5.75. The SMILES string of the molecule is CCCOc1cccc(N2C=C(OC(=O)C(CCC)CCC)N=CC2)c1. The van der Waals surface area contributed by atoms with Crippen molar-refractivity contribution >= 4 is 17.9 Å². The Morgan fingerprint density at radius 3 is 2.65 bits per heavy atom. The number of hydrogen-bond acceptors (Lipinski definition) is 5. The normalized spacial score (nSPS) is 13.7. The molecule has 2 rings (SSSR count). The standard InChI is InChI=1S/C21H30N2O3/c1-4-8-17(9-5-2)21(24)26-20-16-23(13-12-22-20)18-10-7-11-19(15-18)25-14-6-3/h7,10-12,15-17H,4-6,8-9,13-14H2,1-3H3. The lowest BCUT2D eigenvalue weighted by atomic mass is 9.99. The Hall–Kier alpha value is -2.30. The van der Waals surface area contributed by atoms with E-state index in [0.717, 1.165) is 43.5 Å². The van der Waals surface area contributed by atoms with Gasteiger partial charge in [0.2, 0.25) is 5.88 Å². The van der Waals surface area contributed by atoms with Crippen molar-refractivity contribution in [2.45, 2.75) is 52.9 Å². The van der Waals surface area contributed by atoms with E-state index in [4.69, 9.17) is 9.47 Å². The summed E-state index contributed by atoms with van der Waals surface area (Å²) < 4.78 is 11.3. The van der Waals surface area contributed by atoms with Gasteiger partial charge in [-0.1, -0.05) is 39.7 Å². The van der Waals surface area contributed by atoms with E-state index in [1.807, 2.05) is 29.2 Å². The van der Waals surface area contributed by atoms with E-state index in [1.54, 1.807) is 12.4 Å². The molecule has 1 aromatic rings. The van der Waals surface area contributed by atoms with Crippen molar-refractivity contribution in [3.63, 3.8) is 0 Å². The minimum atomic E-state index is -0.182. The van der Waals surface area contributed by atoms with Crippen LogP contribution in [0.1, 0.15) is 52.9 Å². The highest BCUT2D eigenvalue weighted by Gasteiger charge is 2.21. The molecule has 0 atom stereocenters. The van der Waals surface area contributed by atoms with Gasteiger partial charge >= 0.3 is 5.97 Å². The first kappa shape index (κ1) is 20.0. The Morgan fingerprint density at radius 2 is 1.96 bits per heavy atom. The fourth-order valence-electron chi connectivity index (χ4n) is 2.91. The summed E-state index contributed by atoms with van der Waals surface area (Å²) in [6.07, 6.45) is 8.16. The predicted molar refractivity (Wildman–Crippen MR) is 106 cm³/mol. The van der Waals surface area contributed by atoms with Crippen molar-refractivity contribution in [1.82, 2.24) is 0 Å². The van der Waals surface area contributed by atoms with Crippen molar-refractivity contribution < 1.29 is 14.3 Å². The predicted octanol–water partition coefficient (Wildman–Crippen LogP) is 4.92. The highest BCUT2D eigenvalue weighted by Crippen LogP contribution is 2.24. The largest absolute Gasteiger partial charge is 0.494 e. The van der Waals surface area contributed by atoms with E-state index in [9.17, 15) is 4.79 Å². The van der Waals surface area contributed by atoms with E-state index in [-0.39, 0.29) is 11.9 Å². The Labute approximate surface area is 156 Å². The van der Waals surface area contributed by atoms with Crippen molar-refractivity contribution in [3.05, 3.63) is 36.3 Å². The number of hydrogen-bond donors (Lipinski definition) is 0. The highest BCUT2D eigenvalue weighted by atomic mass is 16.5. The van der Waals surface area contributed by atoms with Crippen LogP contribution in [0.3, 0.4) is 0 Å². The fraction of sp³-hybridized carbons (Fsp3) is 0.524. The summed E-state index contributed by atoms with van der Waals surface area (Å²) in [6, 6.07) is 7.90. The van der Waals surface area contributed by atoms with Gasteiger partial charge in [-0.3, -0.25) is 4.79 Å². The zero-order valence-electron chi connectivity index (χ0n) is 16.1. The van der Waals surface area contributed by atoms with E-state index in [0.29, 0.717) is 19.0 Å². The lowest BCUT2D eigenvalue weighted by Crippen LogP contribution is -2.25. The molecule has 0 aromatic heterocycles. The molecule has 5 heteroatoms. The minimum Gasteiger partial charge on any atom is -0.494 e. The van der Waals surface area contributed by atoms with Crippen LogP contribution in [0.15, 0.2) is 41.3 Å². The van der Waals surface area contributed by atoms with Gasteiger partial charge < -0.3 is 14.4 Å². The van der Waals surface area contributed by atoms with Crippen LogP contribution in [0, 0.1) is 5.92 Å². The van der Waals surface area contributed by atoms with Gasteiger partial charge in [0.1, 0.15) is 5.75 Å². The first-order valence-corrected chi connectivity index (χ1v) is 9.63. The van der Waals surface area contributed by atoms with Crippen LogP contribution in [0.5, 0.6) is 5.75 Å². The lowest BCUT2D eigenvalue weighted by molar-refractivity contribution is -0.144. The first-order valence-electron chi connectivity index (χ1n) is 9.63. The van der Waals surface area contributed by atoms with Gasteiger partial charge in [0.05, 0.1) is 25.3 Å². The van der Waals surface area contributed by atoms with Crippen LogP contribution in [-0.2, 0) is 9.53 Å². The third kappa shape index (κ3) is 5.90. The quantitative estimate of drug-likeness (QED) is 0.557. The van der Waals surface area contributed by atoms with Gasteiger partial charge in [0.15, 0.2) is 0 Å². The monoisotopic (exact) mass is 358 g/mol. The number of nitrogens with zero attached hydrogens (tertiary/aromatic N) is 2. The van der Waals surface area contributed by atoms with Crippen molar-refractivity contribution in [1.29, 1.82) is 0 Å². The minimum absolute atomic E-state index is 0.0535. The number of rotatable bonds is 10. The number of benzene rings is 1. The molecule has 26 heavy (non-hydrogen) atoms. The molecule has 0 aliphatic carbocycles. The molecule has 0 fully saturated rings. The van der Waals surface area contributed by atoms with Crippen LogP contribution in [0.25, 0.3) is 0 Å². The van der Waals surface area contributed by atoms with Crippen LogP contribution in [0.4, 0.5) is 5.69 Å². The Morgan fingerprint density at radius 1 is 1.19 bits per heavy atom. The second-order valence-corrected chi connectivity index (χ2v) is 6.47. The molecule has 0 saturated carbocycles. The van der Waals surface area contributed by atoms with Gasteiger partial charge in [-0.25, -0.2) is 4.99 Å². The van der Waals surface area contributed by atoms with Crippen molar-refractivity contribution in [2.75, 3.05) is 18.1 Å². The van der Waals surface area contributed by atoms with E-state index in [1.165, 1.54) is 0 Å². The van der Waals surface area contributed by atoms with Crippen LogP contribution in [-0.4, -0.2) is 25.3 Å². The average molecular weight is 358 g/mol. The van der Waals surface area contributed by atoms with E-state index >= 15 is 0 Å². The molecule has 1 aliphatic rings. The summed E-state index contributed by atoms with van der Waals surface area (Å²) in [5, 5.41) is 0. The number of esters is 1. The maximum Gasteiger partial charge on any atom is 0.315 e. The fourth-order valence-corrected chi connectivity index (χ4v) is 2.91. The summed E-state index contributed by atoms with van der Waals surface area (Å²) in [5.74, 6) is 0.948.